The maximum absolute atomic E-state index is 12.0. The fraction of sp³-hybridized carbons (Fsp3) is 0.579. The molecule has 1 N–H and O–H groups in total. The molecule has 7 nitrogen and oxygen atoms in total. The monoisotopic (exact) mass is 355 g/mol. The Hall–Kier alpha value is -2.44. The molecule has 1 unspecified atom stereocenters. The van der Waals surface area contributed by atoms with E-state index < -0.39 is 0 Å². The van der Waals surface area contributed by atoms with Gasteiger partial charge in [0, 0.05) is 50.0 Å². The van der Waals surface area contributed by atoms with E-state index in [4.69, 9.17) is 5.10 Å². The summed E-state index contributed by atoms with van der Waals surface area (Å²) in [5, 5.41) is 8.87. The van der Waals surface area contributed by atoms with Crippen LogP contribution in [0.4, 0.5) is 0 Å². The lowest BCUT2D eigenvalue weighted by molar-refractivity contribution is -0.128. The fourth-order valence-corrected chi connectivity index (χ4v) is 3.86. The van der Waals surface area contributed by atoms with E-state index in [9.17, 15) is 9.59 Å². The van der Waals surface area contributed by atoms with E-state index in [2.05, 4.69) is 10.3 Å². The SMILES string of the molecule is CC(=O)N1CCC(c2nn(CCNC(=O)C3CCC3)c3ncccc23)C1. The summed E-state index contributed by atoms with van der Waals surface area (Å²) in [6.07, 6.45) is 5.88. The van der Waals surface area contributed by atoms with Gasteiger partial charge >= 0.3 is 0 Å². The third kappa shape index (κ3) is 3.18. The quantitative estimate of drug-likeness (QED) is 0.885. The number of hydrogen-bond acceptors (Lipinski definition) is 4. The molecule has 2 fully saturated rings. The molecule has 1 aliphatic carbocycles. The van der Waals surface area contributed by atoms with Crippen LogP contribution in [0.5, 0.6) is 0 Å². The number of nitrogens with zero attached hydrogens (tertiary/aromatic N) is 4. The molecule has 1 saturated carbocycles. The largest absolute Gasteiger partial charge is 0.354 e. The second kappa shape index (κ2) is 7.05. The fourth-order valence-electron chi connectivity index (χ4n) is 3.86. The number of hydrogen-bond donors (Lipinski definition) is 1. The van der Waals surface area contributed by atoms with Gasteiger partial charge in [0.1, 0.15) is 0 Å². The standard InChI is InChI=1S/C19H25N5O2/c1-13(25)23-10-7-15(12-23)17-16-6-3-8-20-18(16)24(22-17)11-9-21-19(26)14-4-2-5-14/h3,6,8,14-15H,2,4-5,7,9-12H2,1H3,(H,21,26). The molecule has 0 radical (unpaired) electrons. The van der Waals surface area contributed by atoms with Crippen molar-refractivity contribution in [2.75, 3.05) is 19.6 Å². The molecule has 0 spiro atoms. The lowest BCUT2D eigenvalue weighted by atomic mass is 9.85. The highest BCUT2D eigenvalue weighted by molar-refractivity contribution is 5.80. The van der Waals surface area contributed by atoms with Crippen LogP contribution in [0, 0.1) is 5.92 Å². The van der Waals surface area contributed by atoms with Crippen LogP contribution in [0.3, 0.4) is 0 Å². The van der Waals surface area contributed by atoms with Gasteiger partial charge in [-0.1, -0.05) is 6.42 Å². The van der Waals surface area contributed by atoms with Gasteiger partial charge < -0.3 is 10.2 Å². The summed E-state index contributed by atoms with van der Waals surface area (Å²) in [6, 6.07) is 3.97. The smallest absolute Gasteiger partial charge is 0.223 e. The van der Waals surface area contributed by atoms with E-state index in [1.54, 1.807) is 13.1 Å². The lowest BCUT2D eigenvalue weighted by Gasteiger charge is -2.23. The van der Waals surface area contributed by atoms with Gasteiger partial charge in [-0.25, -0.2) is 9.67 Å². The van der Waals surface area contributed by atoms with E-state index in [0.717, 1.165) is 55.5 Å². The van der Waals surface area contributed by atoms with Crippen molar-refractivity contribution in [3.05, 3.63) is 24.0 Å². The highest BCUT2D eigenvalue weighted by Gasteiger charge is 2.29. The first kappa shape index (κ1) is 17.0. The van der Waals surface area contributed by atoms with Gasteiger partial charge in [0.25, 0.3) is 0 Å². The van der Waals surface area contributed by atoms with Crippen LogP contribution in [-0.4, -0.2) is 51.1 Å². The van der Waals surface area contributed by atoms with Crippen LogP contribution in [0.2, 0.25) is 0 Å². The first-order valence-electron chi connectivity index (χ1n) is 9.48. The Bertz CT molecular complexity index is 826. The number of pyridine rings is 1. The number of fused-ring (bicyclic) bond motifs is 1. The van der Waals surface area contributed by atoms with E-state index in [-0.39, 0.29) is 23.7 Å². The zero-order valence-electron chi connectivity index (χ0n) is 15.1. The Kier molecular flexibility index (Phi) is 4.61. The Morgan fingerprint density at radius 1 is 1.31 bits per heavy atom. The summed E-state index contributed by atoms with van der Waals surface area (Å²) in [4.78, 5) is 30.0. The van der Waals surface area contributed by atoms with Crippen molar-refractivity contribution in [2.24, 2.45) is 5.92 Å². The summed E-state index contributed by atoms with van der Waals surface area (Å²) >= 11 is 0. The van der Waals surface area contributed by atoms with Crippen molar-refractivity contribution in [2.45, 2.75) is 45.1 Å². The first-order valence-corrected chi connectivity index (χ1v) is 9.48. The number of likely N-dealkylation sites (tertiary alicyclic amines) is 1. The van der Waals surface area contributed by atoms with Crippen molar-refractivity contribution in [1.29, 1.82) is 0 Å². The summed E-state index contributed by atoms with van der Waals surface area (Å²) in [7, 11) is 0. The number of carbonyl (C=O) groups excluding carboxylic acids is 2. The molecule has 26 heavy (non-hydrogen) atoms. The molecule has 7 heteroatoms. The minimum Gasteiger partial charge on any atom is -0.354 e. The van der Waals surface area contributed by atoms with Crippen LogP contribution < -0.4 is 5.32 Å². The molecule has 4 rings (SSSR count). The topological polar surface area (TPSA) is 80.1 Å². The van der Waals surface area contributed by atoms with Gasteiger partial charge in [0.05, 0.1) is 12.2 Å². The van der Waals surface area contributed by atoms with Crippen molar-refractivity contribution >= 4 is 22.8 Å². The number of nitrogens with one attached hydrogen (secondary N) is 1. The van der Waals surface area contributed by atoms with E-state index in [1.807, 2.05) is 21.7 Å². The van der Waals surface area contributed by atoms with Gasteiger partial charge in [0.2, 0.25) is 11.8 Å². The number of rotatable bonds is 5. The Balaban J connectivity index is 1.49. The van der Waals surface area contributed by atoms with Crippen LogP contribution in [0.1, 0.15) is 44.2 Å². The average Bonchev–Trinajstić information content (AvgIpc) is 3.18. The molecule has 1 saturated heterocycles. The Morgan fingerprint density at radius 3 is 2.85 bits per heavy atom. The lowest BCUT2D eigenvalue weighted by Crippen LogP contribution is -2.36. The van der Waals surface area contributed by atoms with Gasteiger partial charge in [-0.05, 0) is 31.4 Å². The summed E-state index contributed by atoms with van der Waals surface area (Å²) in [5.41, 5.74) is 1.86. The number of carbonyl (C=O) groups is 2. The molecular formula is C19H25N5O2. The van der Waals surface area contributed by atoms with Gasteiger partial charge in [-0.15, -0.1) is 0 Å². The van der Waals surface area contributed by atoms with Gasteiger partial charge in [0.15, 0.2) is 5.65 Å². The summed E-state index contributed by atoms with van der Waals surface area (Å²) in [5.74, 6) is 0.729. The van der Waals surface area contributed by atoms with E-state index in [1.165, 1.54) is 0 Å². The van der Waals surface area contributed by atoms with E-state index in [0.29, 0.717) is 13.1 Å². The molecule has 2 aromatic heterocycles. The molecule has 2 amide bonds. The molecule has 0 aromatic carbocycles. The van der Waals surface area contributed by atoms with Crippen LogP contribution in [0.15, 0.2) is 18.3 Å². The van der Waals surface area contributed by atoms with Crippen LogP contribution in [0.25, 0.3) is 11.0 Å². The van der Waals surface area contributed by atoms with Crippen molar-refractivity contribution in [3.63, 3.8) is 0 Å². The zero-order valence-corrected chi connectivity index (χ0v) is 15.1. The van der Waals surface area contributed by atoms with E-state index >= 15 is 0 Å². The molecular weight excluding hydrogens is 330 g/mol. The van der Waals surface area contributed by atoms with Crippen LogP contribution >= 0.6 is 0 Å². The summed E-state index contributed by atoms with van der Waals surface area (Å²) in [6.45, 7) is 4.29. The minimum absolute atomic E-state index is 0.119. The first-order chi connectivity index (χ1) is 12.6. The molecule has 3 heterocycles. The minimum atomic E-state index is 0.119. The second-order valence-corrected chi connectivity index (χ2v) is 7.35. The third-order valence-electron chi connectivity index (χ3n) is 5.65. The number of aromatic nitrogens is 3. The number of amides is 2. The van der Waals surface area contributed by atoms with Crippen molar-refractivity contribution < 1.29 is 9.59 Å². The predicted molar refractivity (Wildman–Crippen MR) is 97.5 cm³/mol. The normalized spacial score (nSPS) is 20.3. The van der Waals surface area contributed by atoms with Crippen LogP contribution in [-0.2, 0) is 16.1 Å². The van der Waals surface area contributed by atoms with Crippen molar-refractivity contribution in [1.82, 2.24) is 25.0 Å². The molecule has 2 aromatic rings. The molecule has 2 aliphatic rings. The highest BCUT2D eigenvalue weighted by Crippen LogP contribution is 2.31. The zero-order chi connectivity index (χ0) is 18.1. The highest BCUT2D eigenvalue weighted by atomic mass is 16.2. The average molecular weight is 355 g/mol. The predicted octanol–water partition coefficient (Wildman–Crippen LogP) is 1.68. The van der Waals surface area contributed by atoms with Crippen molar-refractivity contribution in [3.8, 4) is 0 Å². The third-order valence-corrected chi connectivity index (χ3v) is 5.65. The Labute approximate surface area is 152 Å². The Morgan fingerprint density at radius 2 is 2.15 bits per heavy atom. The summed E-state index contributed by atoms with van der Waals surface area (Å²) < 4.78 is 1.89. The molecule has 1 atom stereocenters. The van der Waals surface area contributed by atoms with Gasteiger partial charge in [-0.2, -0.15) is 5.10 Å². The molecule has 0 bridgehead atoms. The maximum atomic E-state index is 12.0. The van der Waals surface area contributed by atoms with Gasteiger partial charge in [-0.3, -0.25) is 9.59 Å². The maximum Gasteiger partial charge on any atom is 0.223 e. The molecule has 138 valence electrons. The second-order valence-electron chi connectivity index (χ2n) is 7.35. The molecule has 1 aliphatic heterocycles.